The molecule has 0 aliphatic carbocycles. The standard InChI is InChI=1S/C20H16ClN3S/c1-2-14-3-9-18(10-4-14)23-12-16(11-22)20-24-19(13-25-20)15-5-7-17(21)8-6-15/h3-10,12-13,23H,2H2,1H3. The molecule has 3 nitrogen and oxygen atoms in total. The van der Waals surface area contributed by atoms with Crippen molar-refractivity contribution in [3.8, 4) is 17.3 Å². The van der Waals surface area contributed by atoms with Crippen LogP contribution < -0.4 is 5.32 Å². The van der Waals surface area contributed by atoms with Gasteiger partial charge in [0.15, 0.2) is 0 Å². The zero-order valence-electron chi connectivity index (χ0n) is 13.7. The van der Waals surface area contributed by atoms with E-state index in [1.807, 2.05) is 41.8 Å². The minimum absolute atomic E-state index is 0.504. The zero-order chi connectivity index (χ0) is 17.6. The Balaban J connectivity index is 1.78. The molecule has 1 heterocycles. The van der Waals surface area contributed by atoms with E-state index in [9.17, 15) is 5.26 Å². The number of aromatic nitrogens is 1. The van der Waals surface area contributed by atoms with Crippen molar-refractivity contribution in [2.45, 2.75) is 13.3 Å². The van der Waals surface area contributed by atoms with Gasteiger partial charge in [-0.2, -0.15) is 5.26 Å². The minimum Gasteiger partial charge on any atom is -0.360 e. The minimum atomic E-state index is 0.504. The van der Waals surface area contributed by atoms with Gasteiger partial charge in [-0.25, -0.2) is 4.98 Å². The van der Waals surface area contributed by atoms with Crippen molar-refractivity contribution in [1.82, 2.24) is 4.98 Å². The maximum absolute atomic E-state index is 9.45. The lowest BCUT2D eigenvalue weighted by molar-refractivity contribution is 1.14. The fourth-order valence-corrected chi connectivity index (χ4v) is 3.21. The fraction of sp³-hybridized carbons (Fsp3) is 0.100. The number of benzene rings is 2. The van der Waals surface area contributed by atoms with Crippen molar-refractivity contribution in [2.75, 3.05) is 5.32 Å². The van der Waals surface area contributed by atoms with E-state index in [1.54, 1.807) is 6.20 Å². The van der Waals surface area contributed by atoms with Crippen molar-refractivity contribution >= 4 is 34.2 Å². The summed E-state index contributed by atoms with van der Waals surface area (Å²) in [5.41, 5.74) is 4.55. The highest BCUT2D eigenvalue weighted by atomic mass is 35.5. The molecular formula is C20H16ClN3S. The second kappa shape index (κ2) is 7.98. The van der Waals surface area contributed by atoms with E-state index in [2.05, 4.69) is 35.4 Å². The van der Waals surface area contributed by atoms with Gasteiger partial charge < -0.3 is 5.32 Å². The molecule has 2 aromatic carbocycles. The monoisotopic (exact) mass is 365 g/mol. The summed E-state index contributed by atoms with van der Waals surface area (Å²) in [5, 5.41) is 15.9. The predicted octanol–water partition coefficient (Wildman–Crippen LogP) is 6.00. The van der Waals surface area contributed by atoms with Crippen LogP contribution >= 0.6 is 22.9 Å². The largest absolute Gasteiger partial charge is 0.360 e. The van der Waals surface area contributed by atoms with E-state index in [0.717, 1.165) is 23.4 Å². The van der Waals surface area contributed by atoms with Crippen LogP contribution in [0.3, 0.4) is 0 Å². The molecule has 0 amide bonds. The van der Waals surface area contributed by atoms with Gasteiger partial charge in [0.1, 0.15) is 16.6 Å². The van der Waals surface area contributed by atoms with Gasteiger partial charge in [0.05, 0.1) is 5.69 Å². The number of anilines is 1. The molecule has 1 aromatic heterocycles. The molecule has 1 N–H and O–H groups in total. The number of nitrogens with one attached hydrogen (secondary N) is 1. The lowest BCUT2D eigenvalue weighted by Crippen LogP contribution is -1.91. The van der Waals surface area contributed by atoms with Crippen LogP contribution in [0, 0.1) is 11.3 Å². The highest BCUT2D eigenvalue weighted by Gasteiger charge is 2.09. The molecule has 0 unspecified atom stereocenters. The summed E-state index contributed by atoms with van der Waals surface area (Å²) in [5.74, 6) is 0. The normalized spacial score (nSPS) is 11.2. The molecule has 25 heavy (non-hydrogen) atoms. The van der Waals surface area contributed by atoms with Gasteiger partial charge in [0.2, 0.25) is 0 Å². The molecule has 0 saturated heterocycles. The second-order valence-electron chi connectivity index (χ2n) is 5.41. The number of thiazole rings is 1. The molecule has 0 atom stereocenters. The van der Waals surface area contributed by atoms with Gasteiger partial charge in [-0.1, -0.05) is 42.8 Å². The Kier molecular flexibility index (Phi) is 5.49. The molecule has 3 aromatic rings. The number of nitriles is 1. The number of halogens is 1. The Bertz CT molecular complexity index is 919. The second-order valence-corrected chi connectivity index (χ2v) is 6.70. The average molecular weight is 366 g/mol. The number of nitrogens with zero attached hydrogens (tertiary/aromatic N) is 2. The average Bonchev–Trinajstić information content (AvgIpc) is 3.13. The van der Waals surface area contributed by atoms with Gasteiger partial charge in [0, 0.05) is 27.9 Å². The molecule has 0 radical (unpaired) electrons. The van der Waals surface area contributed by atoms with Crippen LogP contribution in [0.4, 0.5) is 5.69 Å². The zero-order valence-corrected chi connectivity index (χ0v) is 15.2. The number of allylic oxidation sites excluding steroid dienone is 1. The predicted molar refractivity (Wildman–Crippen MR) is 106 cm³/mol. The van der Waals surface area contributed by atoms with Gasteiger partial charge in [-0.3, -0.25) is 0 Å². The summed E-state index contributed by atoms with van der Waals surface area (Å²) in [4.78, 5) is 4.57. The maximum Gasteiger partial charge on any atom is 0.136 e. The van der Waals surface area contributed by atoms with Crippen LogP contribution in [-0.4, -0.2) is 4.98 Å². The van der Waals surface area contributed by atoms with E-state index in [1.165, 1.54) is 16.9 Å². The quantitative estimate of drug-likeness (QED) is 0.564. The summed E-state index contributed by atoms with van der Waals surface area (Å²) < 4.78 is 0. The van der Waals surface area contributed by atoms with Crippen molar-refractivity contribution in [2.24, 2.45) is 0 Å². The molecule has 3 rings (SSSR count). The molecule has 0 spiro atoms. The van der Waals surface area contributed by atoms with Crippen molar-refractivity contribution in [3.63, 3.8) is 0 Å². The molecule has 0 bridgehead atoms. The Hall–Kier alpha value is -2.61. The third-order valence-electron chi connectivity index (χ3n) is 3.74. The van der Waals surface area contributed by atoms with Crippen LogP contribution in [-0.2, 0) is 6.42 Å². The van der Waals surface area contributed by atoms with E-state index < -0.39 is 0 Å². The summed E-state index contributed by atoms with van der Waals surface area (Å²) >= 11 is 7.37. The van der Waals surface area contributed by atoms with Crippen molar-refractivity contribution < 1.29 is 0 Å². The molecule has 0 aliphatic rings. The Labute approximate surface area is 156 Å². The third-order valence-corrected chi connectivity index (χ3v) is 4.87. The number of hydrogen-bond acceptors (Lipinski definition) is 4. The van der Waals surface area contributed by atoms with E-state index in [0.29, 0.717) is 15.6 Å². The van der Waals surface area contributed by atoms with Crippen molar-refractivity contribution in [3.05, 3.63) is 75.7 Å². The van der Waals surface area contributed by atoms with Gasteiger partial charge in [-0.15, -0.1) is 11.3 Å². The van der Waals surface area contributed by atoms with E-state index in [-0.39, 0.29) is 0 Å². The van der Waals surface area contributed by atoms with Gasteiger partial charge in [-0.05, 0) is 36.2 Å². The first-order valence-electron chi connectivity index (χ1n) is 7.87. The Morgan fingerprint density at radius 3 is 2.56 bits per heavy atom. The lowest BCUT2D eigenvalue weighted by atomic mass is 10.1. The van der Waals surface area contributed by atoms with Gasteiger partial charge in [0.25, 0.3) is 0 Å². The lowest BCUT2D eigenvalue weighted by Gasteiger charge is -2.03. The van der Waals surface area contributed by atoms with E-state index in [4.69, 9.17) is 11.6 Å². The summed E-state index contributed by atoms with van der Waals surface area (Å²) in [6.45, 7) is 2.12. The van der Waals surface area contributed by atoms with Crippen LogP contribution in [0.5, 0.6) is 0 Å². The van der Waals surface area contributed by atoms with Crippen LogP contribution in [0.1, 0.15) is 17.5 Å². The first-order chi connectivity index (χ1) is 12.2. The maximum atomic E-state index is 9.45. The van der Waals surface area contributed by atoms with Crippen LogP contribution in [0.2, 0.25) is 5.02 Å². The van der Waals surface area contributed by atoms with Gasteiger partial charge >= 0.3 is 0 Å². The molecular weight excluding hydrogens is 350 g/mol. The number of rotatable bonds is 5. The smallest absolute Gasteiger partial charge is 0.136 e. The molecule has 5 heteroatoms. The third kappa shape index (κ3) is 4.27. The Morgan fingerprint density at radius 2 is 1.92 bits per heavy atom. The number of hydrogen-bond donors (Lipinski definition) is 1. The summed E-state index contributed by atoms with van der Waals surface area (Å²) in [6.07, 6.45) is 2.71. The highest BCUT2D eigenvalue weighted by molar-refractivity contribution is 7.11. The molecule has 0 fully saturated rings. The highest BCUT2D eigenvalue weighted by Crippen LogP contribution is 2.27. The van der Waals surface area contributed by atoms with Crippen molar-refractivity contribution in [1.29, 1.82) is 5.26 Å². The first-order valence-corrected chi connectivity index (χ1v) is 9.13. The molecule has 0 saturated carbocycles. The molecule has 0 aliphatic heterocycles. The topological polar surface area (TPSA) is 48.7 Å². The Morgan fingerprint density at radius 1 is 1.20 bits per heavy atom. The fourth-order valence-electron chi connectivity index (χ4n) is 2.28. The number of aryl methyl sites for hydroxylation is 1. The molecule has 124 valence electrons. The first kappa shape index (κ1) is 17.2. The summed E-state index contributed by atoms with van der Waals surface area (Å²) in [7, 11) is 0. The SMILES string of the molecule is CCc1ccc(NC=C(C#N)c2nc(-c3ccc(Cl)cc3)cs2)cc1. The van der Waals surface area contributed by atoms with E-state index >= 15 is 0 Å². The van der Waals surface area contributed by atoms with Crippen LogP contribution in [0.15, 0.2) is 60.1 Å². The van der Waals surface area contributed by atoms with Crippen LogP contribution in [0.25, 0.3) is 16.8 Å². The summed E-state index contributed by atoms with van der Waals surface area (Å²) in [6, 6.07) is 17.9.